The van der Waals surface area contributed by atoms with Crippen molar-refractivity contribution in [3.8, 4) is 44.5 Å². The minimum atomic E-state index is 0.137. The third kappa shape index (κ3) is 4.60. The van der Waals surface area contributed by atoms with Crippen LogP contribution < -0.4 is 0 Å². The first-order valence-corrected chi connectivity index (χ1v) is 20.8. The van der Waals surface area contributed by atoms with Gasteiger partial charge in [-0.25, -0.2) is 0 Å². The van der Waals surface area contributed by atoms with Crippen molar-refractivity contribution in [1.82, 2.24) is 0 Å². The fourth-order valence-corrected chi connectivity index (χ4v) is 12.4. The van der Waals surface area contributed by atoms with E-state index in [1.165, 1.54) is 112 Å². The van der Waals surface area contributed by atoms with E-state index in [0.717, 1.165) is 0 Å². The summed E-state index contributed by atoms with van der Waals surface area (Å²) in [5.74, 6) is 0. The van der Waals surface area contributed by atoms with Gasteiger partial charge in [-0.15, -0.1) is 0 Å². The van der Waals surface area contributed by atoms with E-state index in [1.54, 1.807) is 11.3 Å². The van der Waals surface area contributed by atoms with Crippen molar-refractivity contribution in [3.05, 3.63) is 180 Å². The Bertz CT molecular complexity index is 3120. The van der Waals surface area contributed by atoms with Gasteiger partial charge < -0.3 is 0 Å². The molecule has 2 heterocycles. The average molecular weight is 756 g/mol. The van der Waals surface area contributed by atoms with Crippen molar-refractivity contribution >= 4 is 88.2 Å². The fourth-order valence-electron chi connectivity index (χ4n) is 8.91. The van der Waals surface area contributed by atoms with E-state index >= 15 is 0 Å². The minimum absolute atomic E-state index is 0.137. The maximum atomic E-state index is 2.38. The quantitative estimate of drug-likeness (QED) is 0.124. The molecule has 0 saturated carbocycles. The second-order valence-electron chi connectivity index (χ2n) is 14.0. The van der Waals surface area contributed by atoms with Crippen LogP contribution in [0.4, 0.5) is 0 Å². The van der Waals surface area contributed by atoms with Crippen LogP contribution >= 0.6 is 11.3 Å². The number of hydrogen-bond donors (Lipinski definition) is 0. The van der Waals surface area contributed by atoms with Crippen molar-refractivity contribution < 1.29 is 0 Å². The van der Waals surface area contributed by atoms with E-state index in [9.17, 15) is 0 Å². The van der Waals surface area contributed by atoms with Gasteiger partial charge in [0.2, 0.25) is 0 Å². The topological polar surface area (TPSA) is 0 Å². The van der Waals surface area contributed by atoms with Gasteiger partial charge in [0.25, 0.3) is 0 Å². The summed E-state index contributed by atoms with van der Waals surface area (Å²) in [6, 6.07) is 61.2. The van der Waals surface area contributed by atoms with Gasteiger partial charge in [0.15, 0.2) is 0 Å². The first-order valence-electron chi connectivity index (χ1n) is 18.2. The van der Waals surface area contributed by atoms with Crippen LogP contribution in [0, 0.1) is 6.92 Å². The number of thiophene rings is 1. The fraction of sp³-hybridized carbons (Fsp3) is 0.0196. The van der Waals surface area contributed by atoms with Gasteiger partial charge in [-0.1, -0.05) is 0 Å². The number of fused-ring (bicyclic) bond motifs is 7. The van der Waals surface area contributed by atoms with E-state index in [2.05, 4.69) is 181 Å². The Morgan fingerprint density at radius 1 is 0.358 bits per heavy atom. The zero-order valence-electron chi connectivity index (χ0n) is 29.1. The molecule has 0 N–H and O–H groups in total. The first-order chi connectivity index (χ1) is 26.3. The molecule has 0 unspecified atom stereocenters. The predicted molar refractivity (Wildman–Crippen MR) is 233 cm³/mol. The molecule has 0 atom stereocenters. The summed E-state index contributed by atoms with van der Waals surface area (Å²) in [7, 11) is 0. The van der Waals surface area contributed by atoms with Crippen LogP contribution in [-0.4, -0.2) is 14.5 Å². The molecule has 0 fully saturated rings. The first kappa shape index (κ1) is 30.8. The Balaban J connectivity index is 1.24. The third-order valence-electron chi connectivity index (χ3n) is 11.1. The zero-order valence-corrected chi connectivity index (χ0v) is 31.6. The van der Waals surface area contributed by atoms with Gasteiger partial charge in [-0.2, -0.15) is 0 Å². The summed E-state index contributed by atoms with van der Waals surface area (Å²) in [5, 5.41) is 17.8. The summed E-state index contributed by atoms with van der Waals surface area (Å²) in [6.07, 6.45) is 0. The maximum absolute atomic E-state index is 2.38. The van der Waals surface area contributed by atoms with Gasteiger partial charge in [0.1, 0.15) is 0 Å². The van der Waals surface area contributed by atoms with E-state index in [1.807, 2.05) is 0 Å². The second kappa shape index (κ2) is 12.2. The number of rotatable bonds is 4. The predicted octanol–water partition coefficient (Wildman–Crippen LogP) is 14.7. The molecule has 0 aliphatic heterocycles. The molecule has 0 aliphatic rings. The SMILES string of the molecule is Cc1cscc1-c1c2ccccc2c(-c2cccc3c2[se]c2cccc(-c4c5ccccc5c(-c5ccccc5)c5ccccc45)c23)c2ccccc12. The van der Waals surface area contributed by atoms with Crippen molar-refractivity contribution in [2.45, 2.75) is 6.92 Å². The standard InChI is InChI=1S/C51H32SSe/c1-31-29-52-30-44(31)49-39-23-11-9-21-37(39)48(38-22-10-12-24-40(38)49)42-26-13-27-43-50-41(25-14-28-45(50)53-51(42)43)47-35-19-7-5-17-33(35)46(32-15-3-2-4-16-32)34-18-6-8-20-36(34)47/h2-30H,1H3. The Labute approximate surface area is 318 Å². The Kier molecular flexibility index (Phi) is 7.07. The molecular weight excluding hydrogens is 724 g/mol. The van der Waals surface area contributed by atoms with Gasteiger partial charge >= 0.3 is 320 Å². The third-order valence-corrected chi connectivity index (χ3v) is 14.5. The van der Waals surface area contributed by atoms with Crippen molar-refractivity contribution in [2.75, 3.05) is 0 Å². The molecule has 0 radical (unpaired) electrons. The van der Waals surface area contributed by atoms with Crippen LogP contribution in [0.2, 0.25) is 0 Å². The molecule has 0 bridgehead atoms. The molecule has 248 valence electrons. The molecule has 9 aromatic carbocycles. The second-order valence-corrected chi connectivity index (χ2v) is 16.9. The molecule has 53 heavy (non-hydrogen) atoms. The molecule has 0 spiro atoms. The molecule has 0 saturated heterocycles. The van der Waals surface area contributed by atoms with Gasteiger partial charge in [-0.3, -0.25) is 0 Å². The van der Waals surface area contributed by atoms with E-state index in [0.29, 0.717) is 0 Å². The number of benzene rings is 9. The molecule has 11 rings (SSSR count). The molecule has 0 aliphatic carbocycles. The zero-order chi connectivity index (χ0) is 35.0. The molecule has 2 aromatic heterocycles. The molecule has 0 amide bonds. The summed E-state index contributed by atoms with van der Waals surface area (Å²) >= 11 is 1.93. The summed E-state index contributed by atoms with van der Waals surface area (Å²) in [5.41, 5.74) is 11.9. The molecule has 0 nitrogen and oxygen atoms in total. The van der Waals surface area contributed by atoms with Crippen LogP contribution in [0.1, 0.15) is 5.56 Å². The number of hydrogen-bond acceptors (Lipinski definition) is 1. The van der Waals surface area contributed by atoms with E-state index in [4.69, 9.17) is 0 Å². The molecular formula is C51H32SSe. The molecule has 2 heteroatoms. The Morgan fingerprint density at radius 2 is 0.792 bits per heavy atom. The van der Waals surface area contributed by atoms with Crippen LogP contribution in [0.25, 0.3) is 107 Å². The van der Waals surface area contributed by atoms with Crippen LogP contribution in [0.3, 0.4) is 0 Å². The summed E-state index contributed by atoms with van der Waals surface area (Å²) in [6.45, 7) is 2.24. The van der Waals surface area contributed by atoms with Crippen molar-refractivity contribution in [2.24, 2.45) is 0 Å². The van der Waals surface area contributed by atoms with Crippen LogP contribution in [0.5, 0.6) is 0 Å². The van der Waals surface area contributed by atoms with Crippen LogP contribution in [-0.2, 0) is 0 Å². The summed E-state index contributed by atoms with van der Waals surface area (Å²) < 4.78 is 2.93. The van der Waals surface area contributed by atoms with E-state index < -0.39 is 0 Å². The van der Waals surface area contributed by atoms with Crippen molar-refractivity contribution in [1.29, 1.82) is 0 Å². The van der Waals surface area contributed by atoms with Gasteiger partial charge in [0, 0.05) is 0 Å². The van der Waals surface area contributed by atoms with Gasteiger partial charge in [0.05, 0.1) is 0 Å². The molecule has 11 aromatic rings. The monoisotopic (exact) mass is 756 g/mol. The summed E-state index contributed by atoms with van der Waals surface area (Å²) in [4.78, 5) is 0. The average Bonchev–Trinajstić information content (AvgIpc) is 3.82. The normalized spacial score (nSPS) is 11.9. The van der Waals surface area contributed by atoms with Crippen molar-refractivity contribution in [3.63, 3.8) is 0 Å². The van der Waals surface area contributed by atoms with Gasteiger partial charge in [-0.05, 0) is 0 Å². The van der Waals surface area contributed by atoms with E-state index in [-0.39, 0.29) is 14.5 Å². The van der Waals surface area contributed by atoms with Crippen LogP contribution in [0.15, 0.2) is 175 Å². The Hall–Kier alpha value is -5.76. The Morgan fingerprint density at radius 3 is 1.32 bits per heavy atom. The number of aryl methyl sites for hydroxylation is 1.